The fourth-order valence-electron chi connectivity index (χ4n) is 1.94. The fourth-order valence-corrected chi connectivity index (χ4v) is 4.17. The molecule has 10 heteroatoms. The molecule has 0 radical (unpaired) electrons. The number of hydrogen-bond acceptors (Lipinski definition) is 7. The number of halogens is 2. The number of benzene rings is 1. The van der Waals surface area contributed by atoms with Gasteiger partial charge < -0.3 is 15.1 Å². The number of nitrogens with zero attached hydrogens (tertiary/aromatic N) is 2. The Labute approximate surface area is 168 Å². The van der Waals surface area contributed by atoms with Crippen LogP contribution in [-0.4, -0.2) is 21.4 Å². The zero-order valence-electron chi connectivity index (χ0n) is 13.5. The molecule has 0 aliphatic heterocycles. The molecule has 6 nitrogen and oxygen atoms in total. The smallest absolute Gasteiger partial charge is 0.237 e. The number of hydrogen-bond donors (Lipinski definition) is 2. The van der Waals surface area contributed by atoms with Crippen LogP contribution in [0.2, 0.25) is 10.0 Å². The Morgan fingerprint density at radius 2 is 2.19 bits per heavy atom. The second-order valence-corrected chi connectivity index (χ2v) is 8.59. The number of furan rings is 1. The number of carbonyl (C=O) groups excluding carboxylic acids is 1. The van der Waals surface area contributed by atoms with E-state index in [0.717, 1.165) is 5.76 Å². The minimum absolute atomic E-state index is 0.195. The van der Waals surface area contributed by atoms with Crippen LogP contribution in [0.4, 0.5) is 10.8 Å². The van der Waals surface area contributed by atoms with Crippen molar-refractivity contribution in [2.75, 3.05) is 10.6 Å². The third kappa shape index (κ3) is 5.14. The Hall–Kier alpha value is -1.74. The lowest BCUT2D eigenvalue weighted by atomic mass is 10.3. The zero-order chi connectivity index (χ0) is 18.5. The van der Waals surface area contributed by atoms with Crippen molar-refractivity contribution >= 4 is 63.0 Å². The Morgan fingerprint density at radius 3 is 2.96 bits per heavy atom. The van der Waals surface area contributed by atoms with E-state index in [1.165, 1.54) is 23.1 Å². The van der Waals surface area contributed by atoms with E-state index in [1.54, 1.807) is 31.4 Å². The van der Waals surface area contributed by atoms with E-state index in [2.05, 4.69) is 20.8 Å². The molecule has 0 bridgehead atoms. The molecule has 0 fully saturated rings. The van der Waals surface area contributed by atoms with Crippen molar-refractivity contribution in [1.82, 2.24) is 10.2 Å². The Morgan fingerprint density at radius 1 is 1.35 bits per heavy atom. The molecular formula is C16H14Cl2N4O2S2. The van der Waals surface area contributed by atoms with E-state index in [-0.39, 0.29) is 11.2 Å². The molecule has 2 aromatic heterocycles. The summed E-state index contributed by atoms with van der Waals surface area (Å²) in [5.74, 6) is 0.611. The second kappa shape index (κ2) is 8.77. The van der Waals surface area contributed by atoms with E-state index in [9.17, 15) is 4.79 Å². The summed E-state index contributed by atoms with van der Waals surface area (Å²) in [5.41, 5.74) is 0.481. The van der Waals surface area contributed by atoms with Gasteiger partial charge in [-0.2, -0.15) is 0 Å². The largest absolute Gasteiger partial charge is 0.467 e. The molecule has 0 aliphatic carbocycles. The van der Waals surface area contributed by atoms with Crippen LogP contribution < -0.4 is 10.6 Å². The van der Waals surface area contributed by atoms with Crippen LogP contribution in [0, 0.1) is 0 Å². The number of rotatable bonds is 7. The van der Waals surface area contributed by atoms with Crippen molar-refractivity contribution in [2.24, 2.45) is 0 Å². The topological polar surface area (TPSA) is 80.1 Å². The van der Waals surface area contributed by atoms with Gasteiger partial charge >= 0.3 is 0 Å². The average molecular weight is 429 g/mol. The molecule has 1 atom stereocenters. The van der Waals surface area contributed by atoms with Gasteiger partial charge in [-0.3, -0.25) is 4.79 Å². The van der Waals surface area contributed by atoms with Crippen molar-refractivity contribution < 1.29 is 9.21 Å². The van der Waals surface area contributed by atoms with Crippen molar-refractivity contribution in [2.45, 2.75) is 23.1 Å². The molecular weight excluding hydrogens is 415 g/mol. The summed E-state index contributed by atoms with van der Waals surface area (Å²) in [7, 11) is 0. The van der Waals surface area contributed by atoms with Crippen LogP contribution in [0.5, 0.6) is 0 Å². The normalized spacial score (nSPS) is 12.0. The van der Waals surface area contributed by atoms with E-state index in [4.69, 9.17) is 27.6 Å². The van der Waals surface area contributed by atoms with Crippen LogP contribution in [-0.2, 0) is 11.3 Å². The average Bonchev–Trinajstić information content (AvgIpc) is 3.28. The van der Waals surface area contributed by atoms with E-state index in [1.807, 2.05) is 12.1 Å². The Kier molecular flexibility index (Phi) is 6.42. The third-order valence-electron chi connectivity index (χ3n) is 3.23. The highest BCUT2D eigenvalue weighted by atomic mass is 35.5. The number of anilines is 2. The van der Waals surface area contributed by atoms with Crippen LogP contribution in [0.25, 0.3) is 0 Å². The van der Waals surface area contributed by atoms with Gasteiger partial charge in [-0.25, -0.2) is 0 Å². The van der Waals surface area contributed by atoms with Gasteiger partial charge in [0, 0.05) is 5.02 Å². The number of carbonyl (C=O) groups is 1. The maximum atomic E-state index is 12.4. The van der Waals surface area contributed by atoms with Gasteiger partial charge in [0.2, 0.25) is 11.0 Å². The van der Waals surface area contributed by atoms with Crippen LogP contribution in [0.3, 0.4) is 0 Å². The second-order valence-electron chi connectivity index (χ2n) is 5.18. The Bertz CT molecular complexity index is 886. The summed E-state index contributed by atoms with van der Waals surface area (Å²) in [6, 6.07) is 8.61. The molecule has 0 aliphatic rings. The van der Waals surface area contributed by atoms with Gasteiger partial charge in [0.15, 0.2) is 4.34 Å². The molecule has 136 valence electrons. The lowest BCUT2D eigenvalue weighted by molar-refractivity contribution is -0.115. The van der Waals surface area contributed by atoms with Gasteiger partial charge in [0.25, 0.3) is 0 Å². The first-order valence-corrected chi connectivity index (χ1v) is 9.99. The first kappa shape index (κ1) is 19.0. The molecule has 2 heterocycles. The lowest BCUT2D eigenvalue weighted by Crippen LogP contribution is -2.22. The highest BCUT2D eigenvalue weighted by Gasteiger charge is 2.18. The van der Waals surface area contributed by atoms with Crippen LogP contribution >= 0.6 is 46.3 Å². The standard InChI is InChI=1S/C16H14Cl2N4O2S2/c1-9(14(23)20-13-7-10(17)4-5-12(13)18)25-16-22-21-15(26-16)19-8-11-3-2-6-24-11/h2-7,9H,8H2,1H3,(H,19,21)(H,20,23). The summed E-state index contributed by atoms with van der Waals surface area (Å²) in [5, 5.41) is 15.3. The monoisotopic (exact) mass is 428 g/mol. The third-order valence-corrected chi connectivity index (χ3v) is 5.86. The first-order chi connectivity index (χ1) is 12.5. The van der Waals surface area contributed by atoms with Crippen LogP contribution in [0.1, 0.15) is 12.7 Å². The minimum Gasteiger partial charge on any atom is -0.467 e. The predicted molar refractivity (Wildman–Crippen MR) is 106 cm³/mol. The summed E-state index contributed by atoms with van der Waals surface area (Å²) in [6.45, 7) is 2.31. The predicted octanol–water partition coefficient (Wildman–Crippen LogP) is 5.17. The molecule has 3 aromatic rings. The molecule has 1 unspecified atom stereocenters. The van der Waals surface area contributed by atoms with Crippen molar-refractivity contribution in [3.8, 4) is 0 Å². The SMILES string of the molecule is CC(Sc1nnc(NCc2ccco2)s1)C(=O)Nc1cc(Cl)ccc1Cl. The van der Waals surface area contributed by atoms with E-state index in [0.29, 0.717) is 31.7 Å². The van der Waals surface area contributed by atoms with Crippen LogP contribution in [0.15, 0.2) is 45.4 Å². The summed E-state index contributed by atoms with van der Waals surface area (Å²) in [6.07, 6.45) is 1.62. The summed E-state index contributed by atoms with van der Waals surface area (Å²) < 4.78 is 5.94. The molecule has 0 saturated heterocycles. The van der Waals surface area contributed by atoms with E-state index < -0.39 is 0 Å². The lowest BCUT2D eigenvalue weighted by Gasteiger charge is -2.11. The summed E-state index contributed by atoms with van der Waals surface area (Å²) in [4.78, 5) is 12.4. The van der Waals surface area contributed by atoms with Gasteiger partial charge in [-0.1, -0.05) is 46.3 Å². The Balaban J connectivity index is 1.54. The van der Waals surface area contributed by atoms with Gasteiger partial charge in [0.1, 0.15) is 5.76 Å². The van der Waals surface area contributed by atoms with Gasteiger partial charge in [0.05, 0.1) is 28.8 Å². The maximum Gasteiger partial charge on any atom is 0.237 e. The molecule has 1 aromatic carbocycles. The maximum absolute atomic E-state index is 12.4. The van der Waals surface area contributed by atoms with Gasteiger partial charge in [-0.15, -0.1) is 10.2 Å². The fraction of sp³-hybridized carbons (Fsp3) is 0.188. The number of nitrogens with one attached hydrogen (secondary N) is 2. The van der Waals surface area contributed by atoms with Crippen molar-refractivity contribution in [3.05, 3.63) is 52.4 Å². The molecule has 0 spiro atoms. The first-order valence-electron chi connectivity index (χ1n) is 7.53. The number of thioether (sulfide) groups is 1. The van der Waals surface area contributed by atoms with Crippen molar-refractivity contribution in [1.29, 1.82) is 0 Å². The molecule has 1 amide bonds. The molecule has 2 N–H and O–H groups in total. The highest BCUT2D eigenvalue weighted by molar-refractivity contribution is 8.02. The van der Waals surface area contributed by atoms with Gasteiger partial charge in [-0.05, 0) is 37.3 Å². The quantitative estimate of drug-likeness (QED) is 0.505. The van der Waals surface area contributed by atoms with E-state index >= 15 is 0 Å². The van der Waals surface area contributed by atoms with Crippen molar-refractivity contribution in [3.63, 3.8) is 0 Å². The molecule has 3 rings (SSSR count). The molecule has 26 heavy (non-hydrogen) atoms. The summed E-state index contributed by atoms with van der Waals surface area (Å²) >= 11 is 14.7. The number of amides is 1. The zero-order valence-corrected chi connectivity index (χ0v) is 16.7. The highest BCUT2D eigenvalue weighted by Crippen LogP contribution is 2.31. The minimum atomic E-state index is -0.379. The number of aromatic nitrogens is 2. The molecule has 0 saturated carbocycles.